The van der Waals surface area contributed by atoms with Gasteiger partial charge >= 0.3 is 5.97 Å². The molecule has 0 aliphatic heterocycles. The molecular weight excluding hydrogens is 402 g/mol. The number of carboxylic acids is 1. The Labute approximate surface area is 179 Å². The number of amides is 1. The van der Waals surface area contributed by atoms with Crippen molar-refractivity contribution in [3.63, 3.8) is 0 Å². The summed E-state index contributed by atoms with van der Waals surface area (Å²) in [6, 6.07) is 7.71. The number of hydrogen-bond acceptors (Lipinski definition) is 6. The molecule has 0 saturated carbocycles. The predicted molar refractivity (Wildman–Crippen MR) is 114 cm³/mol. The minimum atomic E-state index is -1.24. The zero-order chi connectivity index (χ0) is 21.8. The highest BCUT2D eigenvalue weighted by molar-refractivity contribution is 7.15. The average Bonchev–Trinajstić information content (AvgIpc) is 3.11. The van der Waals surface area contributed by atoms with Crippen molar-refractivity contribution in [3.05, 3.63) is 52.9 Å². The quantitative estimate of drug-likeness (QED) is 0.563. The summed E-state index contributed by atoms with van der Waals surface area (Å²) >= 11 is 1.22. The van der Waals surface area contributed by atoms with Crippen LogP contribution in [-0.2, 0) is 14.3 Å². The molecule has 3 rings (SSSR count). The van der Waals surface area contributed by atoms with Crippen LogP contribution in [0.2, 0.25) is 0 Å². The van der Waals surface area contributed by atoms with Crippen LogP contribution in [0.25, 0.3) is 11.1 Å². The van der Waals surface area contributed by atoms with Crippen LogP contribution in [0.4, 0.5) is 5.00 Å². The van der Waals surface area contributed by atoms with Crippen molar-refractivity contribution in [2.45, 2.75) is 39.7 Å². The molecule has 2 aromatic rings. The molecule has 7 heteroatoms. The van der Waals surface area contributed by atoms with E-state index in [0.717, 1.165) is 11.1 Å². The molecule has 1 N–H and O–H groups in total. The van der Waals surface area contributed by atoms with Crippen LogP contribution in [0.5, 0.6) is 0 Å². The fraction of sp³-hybridized carbons (Fsp3) is 0.348. The summed E-state index contributed by atoms with van der Waals surface area (Å²) in [4.78, 5) is 37.2. The Balaban J connectivity index is 1.95. The van der Waals surface area contributed by atoms with Crippen LogP contribution in [0.1, 0.15) is 42.6 Å². The molecule has 30 heavy (non-hydrogen) atoms. The number of esters is 1. The minimum absolute atomic E-state index is 0.252. The third-order valence-electron chi connectivity index (χ3n) is 5.01. The van der Waals surface area contributed by atoms with Crippen molar-refractivity contribution in [1.29, 1.82) is 0 Å². The average molecular weight is 427 g/mol. The zero-order valence-corrected chi connectivity index (χ0v) is 18.0. The van der Waals surface area contributed by atoms with E-state index in [0.29, 0.717) is 17.0 Å². The maximum absolute atomic E-state index is 12.9. The van der Waals surface area contributed by atoms with Crippen LogP contribution in [0, 0.1) is 18.8 Å². The van der Waals surface area contributed by atoms with Gasteiger partial charge in [-0.2, -0.15) is 0 Å². The number of carbonyl (C=O) groups excluding carboxylic acids is 3. The first-order valence-electron chi connectivity index (χ1n) is 9.84. The number of anilines is 1. The van der Waals surface area contributed by atoms with Crippen molar-refractivity contribution in [3.8, 4) is 11.1 Å². The highest BCUT2D eigenvalue weighted by Crippen LogP contribution is 2.37. The summed E-state index contributed by atoms with van der Waals surface area (Å²) in [5.74, 6) is -3.86. The molecule has 0 radical (unpaired) electrons. The van der Waals surface area contributed by atoms with Crippen LogP contribution in [-0.4, -0.2) is 23.9 Å². The Bertz CT molecular complexity index is 974. The number of hydrogen-bond donors (Lipinski definition) is 1. The summed E-state index contributed by atoms with van der Waals surface area (Å²) in [6.07, 6.45) is 3.78. The van der Waals surface area contributed by atoms with Gasteiger partial charge in [-0.25, -0.2) is 4.79 Å². The Morgan fingerprint density at radius 3 is 2.33 bits per heavy atom. The first kappa shape index (κ1) is 21.8. The lowest BCUT2D eigenvalue weighted by atomic mass is 9.82. The van der Waals surface area contributed by atoms with Crippen molar-refractivity contribution >= 4 is 34.2 Å². The number of carbonyl (C=O) groups is 3. The van der Waals surface area contributed by atoms with Gasteiger partial charge in [0.05, 0.1) is 12.0 Å². The molecule has 1 aromatic carbocycles. The Morgan fingerprint density at radius 2 is 1.73 bits per heavy atom. The maximum atomic E-state index is 12.9. The van der Waals surface area contributed by atoms with Gasteiger partial charge in [-0.3, -0.25) is 4.79 Å². The fourth-order valence-electron chi connectivity index (χ4n) is 3.44. The standard InChI is InChI=1S/C23H25NO5S/c1-13(2)29-23(28)19-18(15-10-8-14(3)9-11-15)12-30-21(19)24-20(25)16-6-4-5-7-17(16)22(26)27/h4-5,8-13,16-17H,6-7H2,1-3H3,(H,24,25)(H,26,27)/p-1/t16-,17+/m0/s1. The normalized spacial score (nSPS) is 18.3. The van der Waals surface area contributed by atoms with Gasteiger partial charge in [0.15, 0.2) is 0 Å². The minimum Gasteiger partial charge on any atom is -0.550 e. The number of allylic oxidation sites excluding steroid dienone is 2. The fourth-order valence-corrected chi connectivity index (χ4v) is 4.40. The van der Waals surface area contributed by atoms with E-state index < -0.39 is 29.7 Å². The molecule has 6 nitrogen and oxygen atoms in total. The molecule has 1 aliphatic rings. The third kappa shape index (κ3) is 4.79. The topological polar surface area (TPSA) is 95.5 Å². The van der Waals surface area contributed by atoms with Crippen LogP contribution in [0.15, 0.2) is 41.8 Å². The van der Waals surface area contributed by atoms with Gasteiger partial charge in [0.1, 0.15) is 10.6 Å². The number of rotatable bonds is 6. The largest absolute Gasteiger partial charge is 0.550 e. The third-order valence-corrected chi connectivity index (χ3v) is 5.90. The lowest BCUT2D eigenvalue weighted by Crippen LogP contribution is -2.41. The zero-order valence-electron chi connectivity index (χ0n) is 17.1. The van der Waals surface area contributed by atoms with Crippen LogP contribution >= 0.6 is 11.3 Å². The smallest absolute Gasteiger partial charge is 0.342 e. The van der Waals surface area contributed by atoms with E-state index in [-0.39, 0.29) is 18.1 Å². The van der Waals surface area contributed by atoms with E-state index in [4.69, 9.17) is 4.74 Å². The number of nitrogens with one attached hydrogen (secondary N) is 1. The van der Waals surface area contributed by atoms with E-state index in [1.54, 1.807) is 31.4 Å². The van der Waals surface area contributed by atoms with E-state index >= 15 is 0 Å². The first-order valence-corrected chi connectivity index (χ1v) is 10.7. The summed E-state index contributed by atoms with van der Waals surface area (Å²) in [6.45, 7) is 5.49. The van der Waals surface area contributed by atoms with Gasteiger partial charge in [0.25, 0.3) is 0 Å². The predicted octanol–water partition coefficient (Wildman–Crippen LogP) is 3.56. The highest BCUT2D eigenvalue weighted by Gasteiger charge is 2.32. The lowest BCUT2D eigenvalue weighted by Gasteiger charge is -2.28. The van der Waals surface area contributed by atoms with Gasteiger partial charge in [-0.15, -0.1) is 11.3 Å². The van der Waals surface area contributed by atoms with Gasteiger partial charge < -0.3 is 20.0 Å². The molecule has 1 aromatic heterocycles. The van der Waals surface area contributed by atoms with Crippen molar-refractivity contribution in [2.75, 3.05) is 5.32 Å². The molecule has 158 valence electrons. The van der Waals surface area contributed by atoms with Crippen molar-refractivity contribution < 1.29 is 24.2 Å². The number of aliphatic carboxylic acids is 1. The van der Waals surface area contributed by atoms with E-state index in [9.17, 15) is 19.5 Å². The molecule has 0 spiro atoms. The lowest BCUT2D eigenvalue weighted by molar-refractivity contribution is -0.313. The number of benzene rings is 1. The second-order valence-corrected chi connectivity index (χ2v) is 8.52. The molecular formula is C23H24NO5S-. The summed E-state index contributed by atoms with van der Waals surface area (Å²) in [5.41, 5.74) is 2.87. The van der Waals surface area contributed by atoms with Crippen molar-refractivity contribution in [1.82, 2.24) is 0 Å². The Morgan fingerprint density at radius 1 is 1.10 bits per heavy atom. The first-order chi connectivity index (χ1) is 14.3. The van der Waals surface area contributed by atoms with Gasteiger partial charge in [-0.05, 0) is 39.2 Å². The summed E-state index contributed by atoms with van der Waals surface area (Å²) in [7, 11) is 0. The van der Waals surface area contributed by atoms with E-state index in [1.807, 2.05) is 31.2 Å². The van der Waals surface area contributed by atoms with Gasteiger partial charge in [0, 0.05) is 22.8 Å². The molecule has 0 unspecified atom stereocenters. The summed E-state index contributed by atoms with van der Waals surface area (Å²) in [5, 5.41) is 16.4. The van der Waals surface area contributed by atoms with Crippen molar-refractivity contribution in [2.24, 2.45) is 11.8 Å². The van der Waals surface area contributed by atoms with Gasteiger partial charge in [0.2, 0.25) is 5.91 Å². The number of thiophene rings is 1. The monoisotopic (exact) mass is 426 g/mol. The maximum Gasteiger partial charge on any atom is 0.342 e. The van der Waals surface area contributed by atoms with E-state index in [2.05, 4.69) is 5.32 Å². The second kappa shape index (κ2) is 9.26. The number of aryl methyl sites for hydroxylation is 1. The highest BCUT2D eigenvalue weighted by atomic mass is 32.1. The molecule has 0 fully saturated rings. The molecule has 0 bridgehead atoms. The van der Waals surface area contributed by atoms with Crippen LogP contribution < -0.4 is 10.4 Å². The molecule has 2 atom stereocenters. The molecule has 1 aliphatic carbocycles. The van der Waals surface area contributed by atoms with Gasteiger partial charge in [-0.1, -0.05) is 42.0 Å². The summed E-state index contributed by atoms with van der Waals surface area (Å²) < 4.78 is 5.41. The number of carboxylic acid groups (broad SMARTS) is 1. The molecule has 1 heterocycles. The van der Waals surface area contributed by atoms with E-state index in [1.165, 1.54) is 11.3 Å². The SMILES string of the molecule is Cc1ccc(-c2csc(NC(=O)[C@H]3CC=CC[C@H]3C(=O)[O-])c2C(=O)OC(C)C)cc1. The Hall–Kier alpha value is -2.93. The molecule has 0 saturated heterocycles. The van der Waals surface area contributed by atoms with Crippen LogP contribution in [0.3, 0.4) is 0 Å². The Kier molecular flexibility index (Phi) is 6.72. The number of ether oxygens (including phenoxy) is 1. The second-order valence-electron chi connectivity index (χ2n) is 7.64. The molecule has 1 amide bonds.